The number of aromatic nitrogens is 1. The van der Waals surface area contributed by atoms with Crippen LogP contribution in [0.1, 0.15) is 47.9 Å². The maximum absolute atomic E-state index is 5.88. The van der Waals surface area contributed by atoms with Crippen LogP contribution >= 0.6 is 11.3 Å². The molecule has 1 aromatic heterocycles. The molecule has 0 aliphatic carbocycles. The largest absolute Gasteiger partial charge is 0.347 e. The zero-order valence-corrected chi connectivity index (χ0v) is 14.2. The van der Waals surface area contributed by atoms with Crippen LogP contribution in [0, 0.1) is 6.92 Å². The highest BCUT2D eigenvalue weighted by atomic mass is 32.1. The number of nitrogens with zero attached hydrogens (tertiary/aromatic N) is 2. The Hall–Kier alpha value is -1.39. The van der Waals surface area contributed by atoms with E-state index in [1.54, 1.807) is 11.3 Å². The van der Waals surface area contributed by atoms with Gasteiger partial charge >= 0.3 is 0 Å². The molecule has 0 saturated carbocycles. The van der Waals surface area contributed by atoms with Crippen LogP contribution < -0.4 is 10.6 Å². The van der Waals surface area contributed by atoms with E-state index in [0.717, 1.165) is 18.1 Å². The molecule has 1 heterocycles. The lowest BCUT2D eigenvalue weighted by Crippen LogP contribution is -2.16. The van der Waals surface area contributed by atoms with Gasteiger partial charge in [-0.05, 0) is 24.8 Å². The Labute approximate surface area is 131 Å². The summed E-state index contributed by atoms with van der Waals surface area (Å²) >= 11 is 1.72. The second-order valence-corrected chi connectivity index (χ2v) is 6.72. The monoisotopic (exact) mass is 303 g/mol. The first-order chi connectivity index (χ1) is 10.0. The summed E-state index contributed by atoms with van der Waals surface area (Å²) in [6.07, 6.45) is 1.10. The van der Waals surface area contributed by atoms with Crippen LogP contribution in [0.2, 0.25) is 0 Å². The molecule has 0 bridgehead atoms. The summed E-state index contributed by atoms with van der Waals surface area (Å²) in [5.41, 5.74) is 9.65. The Balaban J connectivity index is 2.17. The third kappa shape index (κ3) is 3.83. The van der Waals surface area contributed by atoms with Crippen LogP contribution in [0.15, 0.2) is 24.3 Å². The van der Waals surface area contributed by atoms with E-state index < -0.39 is 0 Å². The number of nitrogens with two attached hydrogens (primary N) is 1. The van der Waals surface area contributed by atoms with Crippen LogP contribution in [-0.4, -0.2) is 12.0 Å². The molecule has 3 nitrogen and oxygen atoms in total. The van der Waals surface area contributed by atoms with Crippen LogP contribution in [0.25, 0.3) is 0 Å². The molecule has 0 fully saturated rings. The SMILES string of the molecule is CCC(C)c1nc(N(C)Cc2ccc(C)cc2)sc1CN. The molecule has 0 amide bonds. The smallest absolute Gasteiger partial charge is 0.185 e. The van der Waals surface area contributed by atoms with Crippen molar-refractivity contribution in [3.05, 3.63) is 46.0 Å². The molecule has 4 heteroatoms. The predicted molar refractivity (Wildman–Crippen MR) is 92.0 cm³/mol. The summed E-state index contributed by atoms with van der Waals surface area (Å²) in [5, 5.41) is 1.06. The molecule has 21 heavy (non-hydrogen) atoms. The van der Waals surface area contributed by atoms with E-state index in [4.69, 9.17) is 10.7 Å². The first-order valence-corrected chi connectivity index (χ1v) is 8.33. The molecule has 1 unspecified atom stereocenters. The number of hydrogen-bond acceptors (Lipinski definition) is 4. The molecule has 2 rings (SSSR count). The van der Waals surface area contributed by atoms with E-state index in [-0.39, 0.29) is 0 Å². The van der Waals surface area contributed by atoms with Crippen molar-refractivity contribution in [3.8, 4) is 0 Å². The summed E-state index contributed by atoms with van der Waals surface area (Å²) in [6.45, 7) is 7.98. The summed E-state index contributed by atoms with van der Waals surface area (Å²) in [4.78, 5) is 8.26. The van der Waals surface area contributed by atoms with Crippen molar-refractivity contribution < 1.29 is 0 Å². The Morgan fingerprint density at radius 1 is 1.29 bits per heavy atom. The highest BCUT2D eigenvalue weighted by Gasteiger charge is 2.17. The van der Waals surface area contributed by atoms with E-state index in [1.165, 1.54) is 21.7 Å². The lowest BCUT2D eigenvalue weighted by molar-refractivity contribution is 0.702. The van der Waals surface area contributed by atoms with Gasteiger partial charge in [-0.2, -0.15) is 0 Å². The molecular weight excluding hydrogens is 278 g/mol. The summed E-state index contributed by atoms with van der Waals surface area (Å²) < 4.78 is 0. The zero-order valence-electron chi connectivity index (χ0n) is 13.4. The number of benzene rings is 1. The molecule has 0 saturated heterocycles. The van der Waals surface area contributed by atoms with Gasteiger partial charge in [-0.15, -0.1) is 11.3 Å². The first-order valence-electron chi connectivity index (χ1n) is 7.51. The molecule has 0 spiro atoms. The highest BCUT2D eigenvalue weighted by molar-refractivity contribution is 7.15. The Morgan fingerprint density at radius 3 is 2.52 bits per heavy atom. The summed E-state index contributed by atoms with van der Waals surface area (Å²) in [6, 6.07) is 8.67. The van der Waals surface area contributed by atoms with Gasteiger partial charge in [0.15, 0.2) is 5.13 Å². The number of anilines is 1. The molecule has 1 aromatic carbocycles. The summed E-state index contributed by atoms with van der Waals surface area (Å²) in [5.74, 6) is 0.473. The van der Waals surface area contributed by atoms with Gasteiger partial charge in [0, 0.05) is 25.0 Å². The minimum Gasteiger partial charge on any atom is -0.347 e. The van der Waals surface area contributed by atoms with Crippen molar-refractivity contribution in [1.82, 2.24) is 4.98 Å². The van der Waals surface area contributed by atoms with Crippen molar-refractivity contribution in [2.45, 2.75) is 46.2 Å². The van der Waals surface area contributed by atoms with Crippen molar-refractivity contribution in [1.29, 1.82) is 0 Å². The van der Waals surface area contributed by atoms with E-state index in [9.17, 15) is 0 Å². The van der Waals surface area contributed by atoms with Crippen molar-refractivity contribution in [3.63, 3.8) is 0 Å². The van der Waals surface area contributed by atoms with Crippen LogP contribution in [0.5, 0.6) is 0 Å². The van der Waals surface area contributed by atoms with Gasteiger partial charge in [0.05, 0.1) is 5.69 Å². The van der Waals surface area contributed by atoms with Gasteiger partial charge in [0.25, 0.3) is 0 Å². The quantitative estimate of drug-likeness (QED) is 0.875. The molecule has 2 N–H and O–H groups in total. The molecule has 0 aliphatic heterocycles. The zero-order chi connectivity index (χ0) is 15.4. The normalized spacial score (nSPS) is 12.4. The maximum Gasteiger partial charge on any atom is 0.185 e. The molecule has 114 valence electrons. The van der Waals surface area contributed by atoms with Crippen molar-refractivity contribution in [2.75, 3.05) is 11.9 Å². The summed E-state index contributed by atoms with van der Waals surface area (Å²) in [7, 11) is 2.10. The van der Waals surface area contributed by atoms with Gasteiger partial charge in [0.1, 0.15) is 0 Å². The highest BCUT2D eigenvalue weighted by Crippen LogP contribution is 2.32. The standard InChI is InChI=1S/C17H25N3S/c1-5-13(3)16-15(10-18)21-17(19-16)20(4)11-14-8-6-12(2)7-9-14/h6-9,13H,5,10-11,18H2,1-4H3. The number of thiazole rings is 1. The van der Waals surface area contributed by atoms with E-state index >= 15 is 0 Å². The fourth-order valence-corrected chi connectivity index (χ4v) is 3.29. The van der Waals surface area contributed by atoms with Gasteiger partial charge in [-0.1, -0.05) is 43.7 Å². The average Bonchev–Trinajstić information content (AvgIpc) is 2.93. The first kappa shape index (κ1) is 16.0. The van der Waals surface area contributed by atoms with E-state index in [2.05, 4.69) is 57.0 Å². The fourth-order valence-electron chi connectivity index (χ4n) is 2.27. The van der Waals surface area contributed by atoms with Gasteiger partial charge in [-0.3, -0.25) is 0 Å². The Bertz CT molecular complexity index is 574. The van der Waals surface area contributed by atoms with Crippen molar-refractivity contribution in [2.24, 2.45) is 5.73 Å². The topological polar surface area (TPSA) is 42.2 Å². The minimum atomic E-state index is 0.473. The molecule has 2 aromatic rings. The second-order valence-electron chi connectivity index (χ2n) is 5.66. The third-order valence-electron chi connectivity index (χ3n) is 3.85. The molecule has 1 atom stereocenters. The second kappa shape index (κ2) is 7.05. The van der Waals surface area contributed by atoms with Gasteiger partial charge in [0.2, 0.25) is 0 Å². The van der Waals surface area contributed by atoms with Crippen LogP contribution in [-0.2, 0) is 13.1 Å². The van der Waals surface area contributed by atoms with Crippen LogP contribution in [0.4, 0.5) is 5.13 Å². The third-order valence-corrected chi connectivity index (χ3v) is 5.06. The van der Waals surface area contributed by atoms with Crippen molar-refractivity contribution >= 4 is 16.5 Å². The minimum absolute atomic E-state index is 0.473. The lowest BCUT2D eigenvalue weighted by Gasteiger charge is -2.16. The van der Waals surface area contributed by atoms with E-state index in [0.29, 0.717) is 12.5 Å². The number of hydrogen-bond donors (Lipinski definition) is 1. The van der Waals surface area contributed by atoms with Crippen LogP contribution in [0.3, 0.4) is 0 Å². The number of rotatable bonds is 6. The predicted octanol–water partition coefficient (Wildman–Crippen LogP) is 4.06. The van der Waals surface area contributed by atoms with Gasteiger partial charge in [-0.25, -0.2) is 4.98 Å². The number of aryl methyl sites for hydroxylation is 1. The molecule has 0 aliphatic rings. The molecule has 0 radical (unpaired) electrons. The maximum atomic E-state index is 5.88. The molecular formula is C17H25N3S. The van der Waals surface area contributed by atoms with Gasteiger partial charge < -0.3 is 10.6 Å². The fraction of sp³-hybridized carbons (Fsp3) is 0.471. The van der Waals surface area contributed by atoms with E-state index in [1.807, 2.05) is 0 Å². The lowest BCUT2D eigenvalue weighted by atomic mass is 10.0. The Kier molecular flexibility index (Phi) is 5.37. The Morgan fingerprint density at radius 2 is 1.95 bits per heavy atom. The average molecular weight is 303 g/mol.